The van der Waals surface area contributed by atoms with E-state index in [2.05, 4.69) is 13.2 Å². The molecule has 0 atom stereocenters. The predicted octanol–water partition coefficient (Wildman–Crippen LogP) is 1.30. The summed E-state index contributed by atoms with van der Waals surface area (Å²) in [6.07, 6.45) is 2.70. The standard InChI is InChI=1S/C10H10.C3H8O3/c1-3-9-5-7-10(4-2)8-6-9;4-1-3(6)2-5/h3-8H,1-2H2;3-6H,1-2H2. The molecule has 1 aromatic carbocycles. The van der Waals surface area contributed by atoms with Gasteiger partial charge in [-0.3, -0.25) is 0 Å². The molecule has 1 aromatic rings. The van der Waals surface area contributed by atoms with Crippen LogP contribution >= 0.6 is 0 Å². The van der Waals surface area contributed by atoms with Gasteiger partial charge in [-0.2, -0.15) is 0 Å². The molecule has 0 heterocycles. The molecular weight excluding hydrogens is 204 g/mol. The first-order valence-corrected chi connectivity index (χ1v) is 4.92. The second-order valence-corrected chi connectivity index (χ2v) is 3.09. The summed E-state index contributed by atoms with van der Waals surface area (Å²) < 4.78 is 0. The van der Waals surface area contributed by atoms with E-state index in [1.54, 1.807) is 0 Å². The van der Waals surface area contributed by atoms with Crippen molar-refractivity contribution in [2.45, 2.75) is 6.10 Å². The highest BCUT2D eigenvalue weighted by Gasteiger charge is 1.93. The van der Waals surface area contributed by atoms with E-state index in [1.165, 1.54) is 0 Å². The lowest BCUT2D eigenvalue weighted by Gasteiger charge is -1.96. The lowest BCUT2D eigenvalue weighted by molar-refractivity contribution is 0.0450. The Morgan fingerprint density at radius 1 is 0.938 bits per heavy atom. The summed E-state index contributed by atoms with van der Waals surface area (Å²) in [7, 11) is 0. The summed E-state index contributed by atoms with van der Waals surface area (Å²) >= 11 is 0. The first-order valence-electron chi connectivity index (χ1n) is 4.92. The lowest BCUT2D eigenvalue weighted by atomic mass is 10.1. The molecule has 0 amide bonds. The minimum Gasteiger partial charge on any atom is -0.394 e. The van der Waals surface area contributed by atoms with Crippen molar-refractivity contribution in [1.29, 1.82) is 0 Å². The van der Waals surface area contributed by atoms with Crippen molar-refractivity contribution in [2.75, 3.05) is 13.2 Å². The normalized spacial score (nSPS) is 9.25. The summed E-state index contributed by atoms with van der Waals surface area (Å²) in [5.74, 6) is 0. The molecule has 0 fully saturated rings. The van der Waals surface area contributed by atoms with Crippen molar-refractivity contribution < 1.29 is 15.3 Å². The Morgan fingerprint density at radius 2 is 1.25 bits per heavy atom. The molecule has 0 saturated heterocycles. The van der Waals surface area contributed by atoms with Crippen molar-refractivity contribution >= 4 is 12.2 Å². The van der Waals surface area contributed by atoms with E-state index in [0.717, 1.165) is 11.1 Å². The Hall–Kier alpha value is -1.42. The zero-order chi connectivity index (χ0) is 12.4. The number of aliphatic hydroxyl groups is 3. The Morgan fingerprint density at radius 3 is 1.38 bits per heavy atom. The number of hydrogen-bond donors (Lipinski definition) is 3. The van der Waals surface area contributed by atoms with Crippen LogP contribution in [-0.4, -0.2) is 34.6 Å². The quantitative estimate of drug-likeness (QED) is 0.719. The Balaban J connectivity index is 0.000000325. The summed E-state index contributed by atoms with van der Waals surface area (Å²) in [6, 6.07) is 8.07. The van der Waals surface area contributed by atoms with Gasteiger partial charge in [-0.15, -0.1) is 0 Å². The van der Waals surface area contributed by atoms with Crippen LogP contribution in [0.5, 0.6) is 0 Å². The maximum absolute atomic E-state index is 8.17. The summed E-state index contributed by atoms with van der Waals surface area (Å²) in [6.45, 7) is 6.59. The first kappa shape index (κ1) is 14.6. The van der Waals surface area contributed by atoms with Crippen LogP contribution in [-0.2, 0) is 0 Å². The van der Waals surface area contributed by atoms with Crippen LogP contribution in [0, 0.1) is 0 Å². The third kappa shape index (κ3) is 6.14. The van der Waals surface area contributed by atoms with Gasteiger partial charge < -0.3 is 15.3 Å². The van der Waals surface area contributed by atoms with Crippen LogP contribution in [0.1, 0.15) is 11.1 Å². The Kier molecular flexibility index (Phi) is 8.07. The van der Waals surface area contributed by atoms with Crippen molar-refractivity contribution in [2.24, 2.45) is 0 Å². The Labute approximate surface area is 96.0 Å². The van der Waals surface area contributed by atoms with Crippen LogP contribution in [0.2, 0.25) is 0 Å². The van der Waals surface area contributed by atoms with Crippen molar-refractivity contribution in [3.63, 3.8) is 0 Å². The average molecular weight is 222 g/mol. The van der Waals surface area contributed by atoms with Gasteiger partial charge in [-0.1, -0.05) is 49.6 Å². The SMILES string of the molecule is C=Cc1ccc(C=C)cc1.OCC(O)CO. The summed E-state index contributed by atoms with van der Waals surface area (Å²) in [5.41, 5.74) is 2.29. The third-order valence-electron chi connectivity index (χ3n) is 1.83. The highest BCUT2D eigenvalue weighted by molar-refractivity contribution is 5.53. The van der Waals surface area contributed by atoms with Crippen molar-refractivity contribution in [1.82, 2.24) is 0 Å². The fourth-order valence-electron chi connectivity index (χ4n) is 0.826. The molecule has 0 radical (unpaired) electrons. The molecule has 88 valence electrons. The van der Waals surface area contributed by atoms with E-state index < -0.39 is 6.10 Å². The average Bonchev–Trinajstić information content (AvgIpc) is 2.38. The van der Waals surface area contributed by atoms with E-state index in [4.69, 9.17) is 15.3 Å². The van der Waals surface area contributed by atoms with E-state index in [0.29, 0.717) is 0 Å². The molecule has 0 aliphatic carbocycles. The summed E-state index contributed by atoms with van der Waals surface area (Å²) in [5, 5.41) is 24.0. The molecule has 0 spiro atoms. The van der Waals surface area contributed by atoms with Crippen LogP contribution in [0.15, 0.2) is 37.4 Å². The lowest BCUT2D eigenvalue weighted by Crippen LogP contribution is -2.15. The van der Waals surface area contributed by atoms with E-state index in [1.807, 2.05) is 36.4 Å². The second kappa shape index (κ2) is 8.85. The molecule has 16 heavy (non-hydrogen) atoms. The zero-order valence-corrected chi connectivity index (χ0v) is 9.21. The fraction of sp³-hybridized carbons (Fsp3) is 0.231. The maximum Gasteiger partial charge on any atom is 0.100 e. The fourth-order valence-corrected chi connectivity index (χ4v) is 0.826. The molecule has 0 saturated carbocycles. The molecule has 0 unspecified atom stereocenters. The van der Waals surface area contributed by atoms with E-state index in [-0.39, 0.29) is 13.2 Å². The van der Waals surface area contributed by atoms with Gasteiger partial charge in [-0.05, 0) is 11.1 Å². The minimum absolute atomic E-state index is 0.365. The number of aliphatic hydroxyl groups excluding tert-OH is 3. The maximum atomic E-state index is 8.17. The molecule has 0 aliphatic rings. The van der Waals surface area contributed by atoms with Crippen LogP contribution in [0.3, 0.4) is 0 Å². The van der Waals surface area contributed by atoms with Gasteiger partial charge in [-0.25, -0.2) is 0 Å². The first-order chi connectivity index (χ1) is 7.67. The van der Waals surface area contributed by atoms with Crippen LogP contribution in [0.25, 0.3) is 12.2 Å². The highest BCUT2D eigenvalue weighted by Crippen LogP contribution is 2.05. The monoisotopic (exact) mass is 222 g/mol. The molecule has 3 nitrogen and oxygen atoms in total. The second-order valence-electron chi connectivity index (χ2n) is 3.09. The molecule has 0 aliphatic heterocycles. The van der Waals surface area contributed by atoms with Crippen LogP contribution in [0.4, 0.5) is 0 Å². The topological polar surface area (TPSA) is 60.7 Å². The van der Waals surface area contributed by atoms with Crippen LogP contribution < -0.4 is 0 Å². The minimum atomic E-state index is -0.954. The van der Waals surface area contributed by atoms with Gasteiger partial charge in [0.1, 0.15) is 6.10 Å². The summed E-state index contributed by atoms with van der Waals surface area (Å²) in [4.78, 5) is 0. The van der Waals surface area contributed by atoms with Crippen molar-refractivity contribution in [3.05, 3.63) is 48.6 Å². The molecule has 0 aromatic heterocycles. The van der Waals surface area contributed by atoms with Gasteiger partial charge in [0.25, 0.3) is 0 Å². The van der Waals surface area contributed by atoms with Gasteiger partial charge in [0.15, 0.2) is 0 Å². The third-order valence-corrected chi connectivity index (χ3v) is 1.83. The molecule has 3 heteroatoms. The van der Waals surface area contributed by atoms with E-state index >= 15 is 0 Å². The van der Waals surface area contributed by atoms with Gasteiger partial charge in [0.2, 0.25) is 0 Å². The molecule has 3 N–H and O–H groups in total. The van der Waals surface area contributed by atoms with Gasteiger partial charge in [0.05, 0.1) is 13.2 Å². The zero-order valence-electron chi connectivity index (χ0n) is 9.21. The molecule has 0 bridgehead atoms. The Bertz CT molecular complexity index is 272. The number of benzene rings is 1. The van der Waals surface area contributed by atoms with E-state index in [9.17, 15) is 0 Å². The number of rotatable bonds is 4. The smallest absolute Gasteiger partial charge is 0.100 e. The molecule has 1 rings (SSSR count). The predicted molar refractivity (Wildman–Crippen MR) is 66.8 cm³/mol. The van der Waals surface area contributed by atoms with Gasteiger partial charge >= 0.3 is 0 Å². The largest absolute Gasteiger partial charge is 0.394 e. The van der Waals surface area contributed by atoms with Crippen molar-refractivity contribution in [3.8, 4) is 0 Å². The molecular formula is C13H18O3. The highest BCUT2D eigenvalue weighted by atomic mass is 16.3. The number of hydrogen-bond acceptors (Lipinski definition) is 3. The van der Waals surface area contributed by atoms with Gasteiger partial charge in [0, 0.05) is 0 Å².